The van der Waals surface area contributed by atoms with Crippen LogP contribution in [-0.4, -0.2) is 24.4 Å². The molecule has 5 heteroatoms. The van der Waals surface area contributed by atoms with Gasteiger partial charge in [-0.15, -0.1) is 0 Å². The molecule has 0 aliphatic heterocycles. The number of likely N-dealkylation sites (N-methyl/N-ethyl adjacent to an activating group) is 1. The highest BCUT2D eigenvalue weighted by Crippen LogP contribution is 2.22. The number of aryl methyl sites for hydroxylation is 2. The van der Waals surface area contributed by atoms with Crippen molar-refractivity contribution in [3.8, 4) is 0 Å². The van der Waals surface area contributed by atoms with Gasteiger partial charge in [0.05, 0.1) is 6.54 Å². The Morgan fingerprint density at radius 1 is 1.04 bits per heavy atom. The average Bonchev–Trinajstić information content (AvgIpc) is 2.57. The van der Waals surface area contributed by atoms with E-state index >= 15 is 0 Å². The van der Waals surface area contributed by atoms with E-state index in [0.29, 0.717) is 5.56 Å². The predicted octanol–water partition coefficient (Wildman–Crippen LogP) is 4.16. The van der Waals surface area contributed by atoms with Crippen molar-refractivity contribution in [2.45, 2.75) is 33.2 Å². The number of carbonyl (C=O) groups excluding carboxylic acids is 1. The van der Waals surface area contributed by atoms with Gasteiger partial charge in [-0.3, -0.25) is 9.69 Å². The van der Waals surface area contributed by atoms with E-state index in [1.54, 1.807) is 11.9 Å². The summed E-state index contributed by atoms with van der Waals surface area (Å²) < 4.78 is 26.7. The minimum absolute atomic E-state index is 0.123. The molecular weight excluding hydrogens is 322 g/mol. The van der Waals surface area contributed by atoms with Crippen LogP contribution in [0.5, 0.6) is 0 Å². The number of nitrogens with one attached hydrogen (secondary N) is 1. The Kier molecular flexibility index (Phi) is 6.65. The number of hydrogen-bond donors (Lipinski definition) is 1. The molecule has 25 heavy (non-hydrogen) atoms. The molecule has 2 aromatic rings. The van der Waals surface area contributed by atoms with Crippen LogP contribution in [0.1, 0.15) is 30.5 Å². The standard InChI is InChI=1S/C20H24F2N2O/c1-4-14-7-6-8-15(5-2)20(14)23-19(25)13-24(3)12-16-9-10-17(21)11-18(16)22/h6-11H,4-5,12-13H2,1-3H3,(H,23,25). The highest BCUT2D eigenvalue weighted by Gasteiger charge is 2.13. The van der Waals surface area contributed by atoms with Crippen molar-refractivity contribution < 1.29 is 13.6 Å². The van der Waals surface area contributed by atoms with Gasteiger partial charge in [0.25, 0.3) is 0 Å². The molecule has 0 unspecified atom stereocenters. The molecule has 0 atom stereocenters. The number of anilines is 1. The Morgan fingerprint density at radius 3 is 2.24 bits per heavy atom. The van der Waals surface area contributed by atoms with Gasteiger partial charge in [0.1, 0.15) is 11.6 Å². The van der Waals surface area contributed by atoms with Crippen molar-refractivity contribution in [3.05, 3.63) is 64.7 Å². The molecule has 2 aromatic carbocycles. The van der Waals surface area contributed by atoms with Crippen LogP contribution >= 0.6 is 0 Å². The maximum Gasteiger partial charge on any atom is 0.238 e. The van der Waals surface area contributed by atoms with E-state index < -0.39 is 11.6 Å². The molecule has 0 radical (unpaired) electrons. The number of rotatable bonds is 7. The Bertz CT molecular complexity index is 724. The van der Waals surface area contributed by atoms with Crippen LogP contribution in [0.15, 0.2) is 36.4 Å². The molecule has 0 aliphatic rings. The third-order valence-electron chi connectivity index (χ3n) is 4.13. The summed E-state index contributed by atoms with van der Waals surface area (Å²) in [5, 5.41) is 2.99. The van der Waals surface area contributed by atoms with Crippen LogP contribution < -0.4 is 5.32 Å². The third-order valence-corrected chi connectivity index (χ3v) is 4.13. The Hall–Kier alpha value is -2.27. The molecule has 0 aliphatic carbocycles. The first-order chi connectivity index (χ1) is 11.9. The summed E-state index contributed by atoms with van der Waals surface area (Å²) in [5.74, 6) is -1.36. The van der Waals surface area contributed by atoms with Gasteiger partial charge < -0.3 is 5.32 Å². The molecule has 0 bridgehead atoms. The lowest BCUT2D eigenvalue weighted by atomic mass is 10.0. The van der Waals surface area contributed by atoms with Crippen LogP contribution in [0.3, 0.4) is 0 Å². The van der Waals surface area contributed by atoms with E-state index in [-0.39, 0.29) is 19.0 Å². The number of halogens is 2. The smallest absolute Gasteiger partial charge is 0.238 e. The van der Waals surface area contributed by atoms with Gasteiger partial charge in [0.15, 0.2) is 0 Å². The summed E-state index contributed by atoms with van der Waals surface area (Å²) in [6.45, 7) is 4.45. The highest BCUT2D eigenvalue weighted by atomic mass is 19.1. The molecule has 0 spiro atoms. The lowest BCUT2D eigenvalue weighted by molar-refractivity contribution is -0.117. The summed E-state index contributed by atoms with van der Waals surface area (Å²) in [7, 11) is 1.73. The van der Waals surface area contributed by atoms with Crippen molar-refractivity contribution in [1.29, 1.82) is 0 Å². The molecule has 2 rings (SSSR count). The number of para-hydroxylation sites is 1. The molecule has 1 amide bonds. The van der Waals surface area contributed by atoms with Crippen molar-refractivity contribution in [2.24, 2.45) is 0 Å². The fourth-order valence-corrected chi connectivity index (χ4v) is 2.82. The Labute approximate surface area is 147 Å². The summed E-state index contributed by atoms with van der Waals surface area (Å²) in [6.07, 6.45) is 1.67. The van der Waals surface area contributed by atoms with Gasteiger partial charge in [-0.05, 0) is 37.1 Å². The summed E-state index contributed by atoms with van der Waals surface area (Å²) in [6, 6.07) is 9.49. The van der Waals surface area contributed by atoms with Crippen LogP contribution in [0.2, 0.25) is 0 Å². The Morgan fingerprint density at radius 2 is 1.68 bits per heavy atom. The molecule has 0 saturated heterocycles. The quantitative estimate of drug-likeness (QED) is 0.816. The van der Waals surface area contributed by atoms with Crippen molar-refractivity contribution >= 4 is 11.6 Å². The molecule has 0 aromatic heterocycles. The van der Waals surface area contributed by atoms with Gasteiger partial charge in [-0.1, -0.05) is 38.1 Å². The monoisotopic (exact) mass is 346 g/mol. The molecule has 1 N–H and O–H groups in total. The number of amides is 1. The fraction of sp³-hybridized carbons (Fsp3) is 0.350. The summed E-state index contributed by atoms with van der Waals surface area (Å²) in [4.78, 5) is 14.1. The largest absolute Gasteiger partial charge is 0.324 e. The second-order valence-electron chi connectivity index (χ2n) is 6.11. The van der Waals surface area contributed by atoms with E-state index in [4.69, 9.17) is 0 Å². The lowest BCUT2D eigenvalue weighted by Gasteiger charge is -2.19. The number of benzene rings is 2. The van der Waals surface area contributed by atoms with Crippen molar-refractivity contribution in [3.63, 3.8) is 0 Å². The van der Waals surface area contributed by atoms with Crippen LogP contribution in [0.25, 0.3) is 0 Å². The summed E-state index contributed by atoms with van der Waals surface area (Å²) >= 11 is 0. The number of carbonyl (C=O) groups is 1. The van der Waals surface area contributed by atoms with Crippen LogP contribution in [0, 0.1) is 11.6 Å². The molecule has 134 valence electrons. The number of nitrogens with zero attached hydrogens (tertiary/aromatic N) is 1. The normalized spacial score (nSPS) is 11.0. The zero-order valence-electron chi connectivity index (χ0n) is 14.9. The lowest BCUT2D eigenvalue weighted by Crippen LogP contribution is -2.30. The van der Waals surface area contributed by atoms with E-state index in [1.165, 1.54) is 12.1 Å². The molecule has 3 nitrogen and oxygen atoms in total. The van der Waals surface area contributed by atoms with Gasteiger partial charge >= 0.3 is 0 Å². The van der Waals surface area contributed by atoms with E-state index in [9.17, 15) is 13.6 Å². The van der Waals surface area contributed by atoms with Gasteiger partial charge in [-0.25, -0.2) is 8.78 Å². The first-order valence-electron chi connectivity index (χ1n) is 8.47. The fourth-order valence-electron chi connectivity index (χ4n) is 2.82. The Balaban J connectivity index is 2.02. The first-order valence-corrected chi connectivity index (χ1v) is 8.47. The number of hydrogen-bond acceptors (Lipinski definition) is 2. The van der Waals surface area contributed by atoms with Crippen LogP contribution in [0.4, 0.5) is 14.5 Å². The second-order valence-corrected chi connectivity index (χ2v) is 6.11. The average molecular weight is 346 g/mol. The maximum absolute atomic E-state index is 13.7. The van der Waals surface area contributed by atoms with E-state index in [1.807, 2.05) is 32.0 Å². The SMILES string of the molecule is CCc1cccc(CC)c1NC(=O)CN(C)Cc1ccc(F)cc1F. The topological polar surface area (TPSA) is 32.3 Å². The molecule has 0 fully saturated rings. The third kappa shape index (κ3) is 5.10. The maximum atomic E-state index is 13.7. The second kappa shape index (κ2) is 8.72. The highest BCUT2D eigenvalue weighted by molar-refractivity contribution is 5.93. The van der Waals surface area contributed by atoms with Crippen molar-refractivity contribution in [1.82, 2.24) is 4.90 Å². The minimum Gasteiger partial charge on any atom is -0.324 e. The molecular formula is C20H24F2N2O. The predicted molar refractivity (Wildman–Crippen MR) is 96.5 cm³/mol. The van der Waals surface area contributed by atoms with Crippen LogP contribution in [-0.2, 0) is 24.2 Å². The molecule has 0 heterocycles. The van der Waals surface area contributed by atoms with E-state index in [0.717, 1.165) is 35.7 Å². The first kappa shape index (κ1) is 19.1. The zero-order valence-corrected chi connectivity index (χ0v) is 14.9. The molecule has 0 saturated carbocycles. The zero-order chi connectivity index (χ0) is 18.4. The van der Waals surface area contributed by atoms with E-state index in [2.05, 4.69) is 5.32 Å². The minimum atomic E-state index is -0.607. The summed E-state index contributed by atoms with van der Waals surface area (Å²) in [5.41, 5.74) is 3.43. The van der Waals surface area contributed by atoms with Gasteiger partial charge in [0.2, 0.25) is 5.91 Å². The van der Waals surface area contributed by atoms with Crippen molar-refractivity contribution in [2.75, 3.05) is 18.9 Å². The van der Waals surface area contributed by atoms with Gasteiger partial charge in [0, 0.05) is 23.9 Å². The van der Waals surface area contributed by atoms with Gasteiger partial charge in [-0.2, -0.15) is 0 Å².